The molecule has 2 heterocycles. The van der Waals surface area contributed by atoms with E-state index in [2.05, 4.69) is 10.5 Å². The number of benzene rings is 1. The van der Waals surface area contributed by atoms with Crippen LogP contribution < -0.4 is 10.2 Å². The zero-order valence-corrected chi connectivity index (χ0v) is 14.7. The van der Waals surface area contributed by atoms with E-state index in [0.29, 0.717) is 11.4 Å². The van der Waals surface area contributed by atoms with Crippen LogP contribution in [0.2, 0.25) is 0 Å². The van der Waals surface area contributed by atoms with Crippen LogP contribution in [0.5, 0.6) is 0 Å². The van der Waals surface area contributed by atoms with E-state index >= 15 is 0 Å². The summed E-state index contributed by atoms with van der Waals surface area (Å²) < 4.78 is 9.99. The van der Waals surface area contributed by atoms with E-state index in [-0.39, 0.29) is 36.0 Å². The molecule has 1 aliphatic rings. The SMILES string of the molecule is Cc1cc(NC(=O)[C@H](C)OC(=O)c2cccc(N3C(=O)CCC3=O)c2)no1. The minimum atomic E-state index is -1.09. The van der Waals surface area contributed by atoms with Crippen LogP contribution in [0.1, 0.15) is 35.9 Å². The molecule has 3 amide bonds. The topological polar surface area (TPSA) is 119 Å². The van der Waals surface area contributed by atoms with Gasteiger partial charge in [-0.25, -0.2) is 4.79 Å². The van der Waals surface area contributed by atoms with E-state index in [9.17, 15) is 19.2 Å². The van der Waals surface area contributed by atoms with Gasteiger partial charge in [-0.1, -0.05) is 11.2 Å². The van der Waals surface area contributed by atoms with E-state index in [4.69, 9.17) is 9.26 Å². The smallest absolute Gasteiger partial charge is 0.338 e. The van der Waals surface area contributed by atoms with Crippen molar-refractivity contribution in [2.24, 2.45) is 0 Å². The molecule has 1 aliphatic heterocycles. The third kappa shape index (κ3) is 4.02. The monoisotopic (exact) mass is 371 g/mol. The molecule has 1 fully saturated rings. The summed E-state index contributed by atoms with van der Waals surface area (Å²) in [4.78, 5) is 49.1. The highest BCUT2D eigenvalue weighted by atomic mass is 16.5. The molecule has 0 aliphatic carbocycles. The van der Waals surface area contributed by atoms with Crippen molar-refractivity contribution in [2.75, 3.05) is 10.2 Å². The fraction of sp³-hybridized carbons (Fsp3) is 0.278. The highest BCUT2D eigenvalue weighted by molar-refractivity contribution is 6.20. The molecule has 1 aromatic carbocycles. The molecular formula is C18H17N3O6. The van der Waals surface area contributed by atoms with Crippen molar-refractivity contribution in [1.82, 2.24) is 5.16 Å². The zero-order valence-electron chi connectivity index (χ0n) is 14.7. The number of esters is 1. The molecule has 1 N–H and O–H groups in total. The third-order valence-electron chi connectivity index (χ3n) is 3.92. The molecule has 2 aromatic rings. The summed E-state index contributed by atoms with van der Waals surface area (Å²) in [6.45, 7) is 3.09. The van der Waals surface area contributed by atoms with E-state index in [1.54, 1.807) is 13.0 Å². The Kier molecular flexibility index (Phi) is 5.02. The van der Waals surface area contributed by atoms with Crippen molar-refractivity contribution in [2.45, 2.75) is 32.8 Å². The van der Waals surface area contributed by atoms with Crippen molar-refractivity contribution in [3.8, 4) is 0 Å². The summed E-state index contributed by atoms with van der Waals surface area (Å²) in [5, 5.41) is 6.10. The lowest BCUT2D eigenvalue weighted by Gasteiger charge is -2.16. The Balaban J connectivity index is 1.67. The maximum absolute atomic E-state index is 12.3. The van der Waals surface area contributed by atoms with Gasteiger partial charge in [0.15, 0.2) is 11.9 Å². The normalized spacial score (nSPS) is 15.0. The second-order valence-electron chi connectivity index (χ2n) is 6.03. The molecule has 0 spiro atoms. The van der Waals surface area contributed by atoms with Gasteiger partial charge in [0.05, 0.1) is 11.3 Å². The lowest BCUT2D eigenvalue weighted by Crippen LogP contribution is -2.30. The molecule has 1 aromatic heterocycles. The van der Waals surface area contributed by atoms with Crippen LogP contribution in [-0.2, 0) is 19.1 Å². The minimum Gasteiger partial charge on any atom is -0.449 e. The summed E-state index contributed by atoms with van der Waals surface area (Å²) >= 11 is 0. The molecule has 3 rings (SSSR count). The summed E-state index contributed by atoms with van der Waals surface area (Å²) in [6, 6.07) is 7.48. The van der Waals surface area contributed by atoms with Crippen LogP contribution >= 0.6 is 0 Å². The van der Waals surface area contributed by atoms with Crippen LogP contribution in [0.15, 0.2) is 34.9 Å². The molecule has 9 heteroatoms. The first-order valence-corrected chi connectivity index (χ1v) is 8.26. The number of carbonyl (C=O) groups is 4. The lowest BCUT2D eigenvalue weighted by atomic mass is 10.2. The van der Waals surface area contributed by atoms with Crippen LogP contribution in [0.3, 0.4) is 0 Å². The average molecular weight is 371 g/mol. The van der Waals surface area contributed by atoms with Crippen LogP contribution in [0.4, 0.5) is 11.5 Å². The number of hydrogen-bond acceptors (Lipinski definition) is 7. The number of hydrogen-bond donors (Lipinski definition) is 1. The molecule has 9 nitrogen and oxygen atoms in total. The molecule has 0 radical (unpaired) electrons. The number of anilines is 2. The quantitative estimate of drug-likeness (QED) is 0.629. The maximum atomic E-state index is 12.3. The Morgan fingerprint density at radius 2 is 1.93 bits per heavy atom. The first-order valence-electron chi connectivity index (χ1n) is 8.26. The zero-order chi connectivity index (χ0) is 19.6. The number of imide groups is 1. The number of nitrogens with one attached hydrogen (secondary N) is 1. The first kappa shape index (κ1) is 18.3. The highest BCUT2D eigenvalue weighted by Crippen LogP contribution is 2.23. The van der Waals surface area contributed by atoms with Crippen LogP contribution in [0, 0.1) is 6.92 Å². The van der Waals surface area contributed by atoms with E-state index in [0.717, 1.165) is 4.90 Å². The maximum Gasteiger partial charge on any atom is 0.338 e. The Labute approximate surface area is 154 Å². The molecular weight excluding hydrogens is 354 g/mol. The molecule has 1 atom stereocenters. The van der Waals surface area contributed by atoms with Crippen molar-refractivity contribution in [3.63, 3.8) is 0 Å². The van der Waals surface area contributed by atoms with Gasteiger partial charge in [0.2, 0.25) is 11.8 Å². The van der Waals surface area contributed by atoms with Gasteiger partial charge in [-0.3, -0.25) is 19.3 Å². The van der Waals surface area contributed by atoms with Gasteiger partial charge in [0.1, 0.15) is 5.76 Å². The Hall–Kier alpha value is -3.49. The summed E-state index contributed by atoms with van der Waals surface area (Å²) in [5.41, 5.74) is 0.420. The molecule has 27 heavy (non-hydrogen) atoms. The van der Waals surface area contributed by atoms with Gasteiger partial charge >= 0.3 is 5.97 Å². The number of rotatable bonds is 5. The molecule has 1 saturated heterocycles. The van der Waals surface area contributed by atoms with Gasteiger partial charge in [0.25, 0.3) is 5.91 Å². The first-order chi connectivity index (χ1) is 12.8. The Bertz CT molecular complexity index is 903. The fourth-order valence-electron chi connectivity index (χ4n) is 2.57. The number of nitrogens with zero attached hydrogens (tertiary/aromatic N) is 2. The van der Waals surface area contributed by atoms with E-state index < -0.39 is 18.0 Å². The predicted molar refractivity (Wildman–Crippen MR) is 92.9 cm³/mol. The van der Waals surface area contributed by atoms with Crippen LogP contribution in [0.25, 0.3) is 0 Å². The van der Waals surface area contributed by atoms with E-state index in [1.165, 1.54) is 31.2 Å². The van der Waals surface area contributed by atoms with Gasteiger partial charge in [-0.2, -0.15) is 0 Å². The summed E-state index contributed by atoms with van der Waals surface area (Å²) in [5.74, 6) is -1.22. The summed E-state index contributed by atoms with van der Waals surface area (Å²) in [6.07, 6.45) is -0.799. The Morgan fingerprint density at radius 3 is 2.56 bits per heavy atom. The van der Waals surface area contributed by atoms with E-state index in [1.807, 2.05) is 0 Å². The van der Waals surface area contributed by atoms with Gasteiger partial charge in [-0.05, 0) is 32.0 Å². The largest absolute Gasteiger partial charge is 0.449 e. The van der Waals surface area contributed by atoms with Gasteiger partial charge < -0.3 is 14.6 Å². The molecule has 0 bridgehead atoms. The number of aryl methyl sites for hydroxylation is 1. The third-order valence-corrected chi connectivity index (χ3v) is 3.92. The number of carbonyl (C=O) groups excluding carboxylic acids is 4. The number of aromatic nitrogens is 1. The van der Waals surface area contributed by atoms with Gasteiger partial charge in [-0.15, -0.1) is 0 Å². The Morgan fingerprint density at radius 1 is 1.22 bits per heavy atom. The molecule has 0 saturated carbocycles. The molecule has 140 valence electrons. The predicted octanol–water partition coefficient (Wildman–Crippen LogP) is 1.82. The van der Waals surface area contributed by atoms with Gasteiger partial charge in [0, 0.05) is 18.9 Å². The fourth-order valence-corrected chi connectivity index (χ4v) is 2.57. The lowest BCUT2D eigenvalue weighted by molar-refractivity contribution is -0.124. The number of ether oxygens (including phenoxy) is 1. The van der Waals surface area contributed by atoms with Crippen molar-refractivity contribution in [1.29, 1.82) is 0 Å². The highest BCUT2D eigenvalue weighted by Gasteiger charge is 2.30. The second kappa shape index (κ2) is 7.40. The van der Waals surface area contributed by atoms with Crippen molar-refractivity contribution < 1.29 is 28.4 Å². The number of amides is 3. The van der Waals surface area contributed by atoms with Crippen molar-refractivity contribution in [3.05, 3.63) is 41.7 Å². The second-order valence-corrected chi connectivity index (χ2v) is 6.03. The minimum absolute atomic E-state index is 0.122. The van der Waals surface area contributed by atoms with Crippen molar-refractivity contribution >= 4 is 35.2 Å². The standard InChI is InChI=1S/C18H17N3O6/c1-10-8-14(20-27-10)19-17(24)11(2)26-18(25)12-4-3-5-13(9-12)21-15(22)6-7-16(21)23/h3-5,8-9,11H,6-7H2,1-2H3,(H,19,20,24)/t11-/m0/s1. The summed E-state index contributed by atoms with van der Waals surface area (Å²) in [7, 11) is 0. The van der Waals surface area contributed by atoms with Crippen LogP contribution in [-0.4, -0.2) is 35.0 Å². The molecule has 0 unspecified atom stereocenters. The average Bonchev–Trinajstić information content (AvgIpc) is 3.19.